The molecule has 0 N–H and O–H groups in total. The lowest BCUT2D eigenvalue weighted by Gasteiger charge is -2.05. The molecular formula is C14H8F4OS. The summed E-state index contributed by atoms with van der Waals surface area (Å²) >= 11 is 0.684. The molecule has 2 aromatic rings. The minimum absolute atomic E-state index is 0.0879. The third-order valence-electron chi connectivity index (χ3n) is 2.49. The van der Waals surface area contributed by atoms with Crippen LogP contribution in [0.5, 0.6) is 0 Å². The maximum absolute atomic E-state index is 13.4. The van der Waals surface area contributed by atoms with Crippen LogP contribution in [0.4, 0.5) is 17.6 Å². The van der Waals surface area contributed by atoms with Gasteiger partial charge < -0.3 is 0 Å². The first-order chi connectivity index (χ1) is 9.49. The predicted octanol–water partition coefficient (Wildman–Crippen LogP) is 4.22. The molecule has 0 aromatic heterocycles. The van der Waals surface area contributed by atoms with Crippen LogP contribution in [0, 0.1) is 23.3 Å². The molecule has 0 saturated carbocycles. The highest BCUT2D eigenvalue weighted by Crippen LogP contribution is 2.24. The van der Waals surface area contributed by atoms with Crippen LogP contribution >= 0.6 is 11.8 Å². The van der Waals surface area contributed by atoms with Gasteiger partial charge in [0.15, 0.2) is 5.78 Å². The lowest BCUT2D eigenvalue weighted by Crippen LogP contribution is -2.08. The molecule has 0 radical (unpaired) electrons. The van der Waals surface area contributed by atoms with E-state index in [9.17, 15) is 22.4 Å². The quantitative estimate of drug-likeness (QED) is 0.478. The number of benzene rings is 2. The predicted molar refractivity (Wildman–Crippen MR) is 67.8 cm³/mol. The fourth-order valence-corrected chi connectivity index (χ4v) is 2.40. The largest absolute Gasteiger partial charge is 0.293 e. The van der Waals surface area contributed by atoms with E-state index in [1.807, 2.05) is 0 Å². The zero-order valence-corrected chi connectivity index (χ0v) is 10.8. The first kappa shape index (κ1) is 14.6. The van der Waals surface area contributed by atoms with Gasteiger partial charge in [0.05, 0.1) is 11.3 Å². The summed E-state index contributed by atoms with van der Waals surface area (Å²) in [4.78, 5) is 11.7. The van der Waals surface area contributed by atoms with E-state index in [1.54, 1.807) is 0 Å². The summed E-state index contributed by atoms with van der Waals surface area (Å²) in [7, 11) is 0. The van der Waals surface area contributed by atoms with Gasteiger partial charge in [-0.05, 0) is 30.3 Å². The number of rotatable bonds is 4. The van der Waals surface area contributed by atoms with Crippen molar-refractivity contribution in [2.45, 2.75) is 4.90 Å². The molecule has 0 saturated heterocycles. The molecule has 0 fully saturated rings. The number of carbonyl (C=O) groups is 1. The third kappa shape index (κ3) is 3.19. The lowest BCUT2D eigenvalue weighted by atomic mass is 10.1. The summed E-state index contributed by atoms with van der Waals surface area (Å²) in [5.74, 6) is -4.52. The average molecular weight is 300 g/mol. The number of carbonyl (C=O) groups excluding carboxylic acids is 1. The van der Waals surface area contributed by atoms with E-state index >= 15 is 0 Å². The van der Waals surface area contributed by atoms with Crippen LogP contribution in [0.25, 0.3) is 0 Å². The molecule has 0 unspecified atom stereocenters. The Morgan fingerprint density at radius 2 is 1.60 bits per heavy atom. The van der Waals surface area contributed by atoms with Gasteiger partial charge >= 0.3 is 0 Å². The Kier molecular flexibility index (Phi) is 4.44. The molecule has 2 aromatic carbocycles. The van der Waals surface area contributed by atoms with Gasteiger partial charge in [-0.3, -0.25) is 4.79 Å². The van der Waals surface area contributed by atoms with E-state index in [-0.39, 0.29) is 4.90 Å². The van der Waals surface area contributed by atoms with Crippen LogP contribution in [-0.2, 0) is 0 Å². The highest BCUT2D eigenvalue weighted by molar-refractivity contribution is 8.00. The van der Waals surface area contributed by atoms with Gasteiger partial charge in [-0.1, -0.05) is 6.07 Å². The first-order valence-corrected chi connectivity index (χ1v) is 6.52. The third-order valence-corrected chi connectivity index (χ3v) is 3.52. The van der Waals surface area contributed by atoms with Gasteiger partial charge in [-0.2, -0.15) is 0 Å². The van der Waals surface area contributed by atoms with Crippen molar-refractivity contribution in [3.05, 3.63) is 65.2 Å². The number of thioether (sulfide) groups is 1. The molecule has 0 bridgehead atoms. The highest BCUT2D eigenvalue weighted by atomic mass is 32.2. The Hall–Kier alpha value is -1.82. The van der Waals surface area contributed by atoms with Crippen molar-refractivity contribution in [3.8, 4) is 0 Å². The fourth-order valence-electron chi connectivity index (χ4n) is 1.57. The molecule has 0 aliphatic rings. The molecule has 0 aliphatic carbocycles. The van der Waals surface area contributed by atoms with Crippen LogP contribution < -0.4 is 0 Å². The second kappa shape index (κ2) is 6.09. The van der Waals surface area contributed by atoms with Crippen LogP contribution in [0.3, 0.4) is 0 Å². The standard InChI is InChI=1S/C14H8F4OS/c15-8-4-5-9(16)13(6-8)20-7-12(19)14-10(17)2-1-3-11(14)18/h1-6H,7H2. The SMILES string of the molecule is O=C(CSc1cc(F)ccc1F)c1c(F)cccc1F. The number of halogens is 4. The minimum Gasteiger partial charge on any atom is -0.293 e. The van der Waals surface area contributed by atoms with Gasteiger partial charge in [-0.25, -0.2) is 17.6 Å². The van der Waals surface area contributed by atoms with Gasteiger partial charge in [-0.15, -0.1) is 11.8 Å². The van der Waals surface area contributed by atoms with E-state index in [0.717, 1.165) is 36.4 Å². The van der Waals surface area contributed by atoms with E-state index in [1.165, 1.54) is 0 Å². The average Bonchev–Trinajstić information content (AvgIpc) is 2.39. The number of ketones is 1. The summed E-state index contributed by atoms with van der Waals surface area (Å²) in [6.07, 6.45) is 0. The molecule has 0 heterocycles. The van der Waals surface area contributed by atoms with Gasteiger partial charge in [0.1, 0.15) is 23.3 Å². The number of hydrogen-bond acceptors (Lipinski definition) is 2. The maximum atomic E-state index is 13.4. The molecule has 2 rings (SSSR count). The van der Waals surface area contributed by atoms with Crippen molar-refractivity contribution < 1.29 is 22.4 Å². The normalized spacial score (nSPS) is 10.6. The first-order valence-electron chi connectivity index (χ1n) is 5.54. The van der Waals surface area contributed by atoms with Crippen LogP contribution in [0.2, 0.25) is 0 Å². The van der Waals surface area contributed by atoms with Gasteiger partial charge in [0.25, 0.3) is 0 Å². The summed E-state index contributed by atoms with van der Waals surface area (Å²) in [6.45, 7) is 0. The molecule has 20 heavy (non-hydrogen) atoms. The summed E-state index contributed by atoms with van der Waals surface area (Å²) in [5.41, 5.74) is -0.670. The van der Waals surface area contributed by atoms with E-state index in [4.69, 9.17) is 0 Å². The van der Waals surface area contributed by atoms with E-state index < -0.39 is 40.4 Å². The highest BCUT2D eigenvalue weighted by Gasteiger charge is 2.17. The van der Waals surface area contributed by atoms with Crippen molar-refractivity contribution >= 4 is 17.5 Å². The van der Waals surface area contributed by atoms with Crippen molar-refractivity contribution in [1.29, 1.82) is 0 Å². The zero-order chi connectivity index (χ0) is 14.7. The Labute approximate surface area is 116 Å². The monoisotopic (exact) mass is 300 g/mol. The lowest BCUT2D eigenvalue weighted by molar-refractivity contribution is 0.101. The molecule has 104 valence electrons. The minimum atomic E-state index is -0.977. The molecule has 0 spiro atoms. The second-order valence-electron chi connectivity index (χ2n) is 3.88. The number of hydrogen-bond donors (Lipinski definition) is 0. The Morgan fingerprint density at radius 3 is 2.25 bits per heavy atom. The Morgan fingerprint density at radius 1 is 0.950 bits per heavy atom. The van der Waals surface area contributed by atoms with E-state index in [2.05, 4.69) is 0 Å². The number of Topliss-reactive ketones (excluding diaryl/α,β-unsaturated/α-hetero) is 1. The molecule has 6 heteroatoms. The molecule has 1 nitrogen and oxygen atoms in total. The molecule has 0 amide bonds. The van der Waals surface area contributed by atoms with E-state index in [0.29, 0.717) is 11.8 Å². The van der Waals surface area contributed by atoms with Crippen molar-refractivity contribution in [2.24, 2.45) is 0 Å². The second-order valence-corrected chi connectivity index (χ2v) is 4.90. The van der Waals surface area contributed by atoms with Crippen LogP contribution in [-0.4, -0.2) is 11.5 Å². The van der Waals surface area contributed by atoms with Gasteiger partial charge in [0, 0.05) is 4.90 Å². The maximum Gasteiger partial charge on any atom is 0.178 e. The molecular weight excluding hydrogens is 292 g/mol. The van der Waals surface area contributed by atoms with Crippen LogP contribution in [0.1, 0.15) is 10.4 Å². The topological polar surface area (TPSA) is 17.1 Å². The van der Waals surface area contributed by atoms with Crippen molar-refractivity contribution in [2.75, 3.05) is 5.75 Å². The molecule has 0 aliphatic heterocycles. The summed E-state index contributed by atoms with van der Waals surface area (Å²) < 4.78 is 53.0. The smallest absolute Gasteiger partial charge is 0.178 e. The Balaban J connectivity index is 2.15. The summed E-state index contributed by atoms with van der Waals surface area (Å²) in [5, 5.41) is 0. The van der Waals surface area contributed by atoms with Crippen molar-refractivity contribution in [1.82, 2.24) is 0 Å². The molecule has 0 atom stereocenters. The van der Waals surface area contributed by atoms with Crippen molar-refractivity contribution in [3.63, 3.8) is 0 Å². The Bertz CT molecular complexity index is 637. The van der Waals surface area contributed by atoms with Crippen LogP contribution in [0.15, 0.2) is 41.3 Å². The van der Waals surface area contributed by atoms with Gasteiger partial charge in [0.2, 0.25) is 0 Å². The fraction of sp³-hybridized carbons (Fsp3) is 0.0714. The summed E-state index contributed by atoms with van der Waals surface area (Å²) in [6, 6.07) is 5.85. The zero-order valence-electron chi connectivity index (χ0n) is 10.00.